The van der Waals surface area contributed by atoms with E-state index in [0.29, 0.717) is 12.8 Å². The van der Waals surface area contributed by atoms with Crippen LogP contribution in [0.25, 0.3) is 0 Å². The van der Waals surface area contributed by atoms with Crippen molar-refractivity contribution in [2.75, 3.05) is 14.2 Å². The number of carbonyl (C=O) groups is 3. The first-order valence-corrected chi connectivity index (χ1v) is 7.49. The molecule has 0 radical (unpaired) electrons. The molecule has 1 aliphatic carbocycles. The molecule has 1 rings (SSSR count). The highest BCUT2D eigenvalue weighted by molar-refractivity contribution is 5.96. The number of carbonyl (C=O) groups excluding carboxylic acids is 3. The van der Waals surface area contributed by atoms with Crippen LogP contribution in [0.15, 0.2) is 0 Å². The van der Waals surface area contributed by atoms with Crippen LogP contribution in [-0.2, 0) is 23.9 Å². The van der Waals surface area contributed by atoms with E-state index in [1.165, 1.54) is 0 Å². The molecule has 124 valence electrons. The first-order valence-electron chi connectivity index (χ1n) is 7.49. The van der Waals surface area contributed by atoms with Gasteiger partial charge in [0.05, 0.1) is 26.4 Å². The van der Waals surface area contributed by atoms with Gasteiger partial charge in [-0.25, -0.2) is 0 Å². The molecule has 0 spiro atoms. The predicted molar refractivity (Wildman–Crippen MR) is 77.4 cm³/mol. The molecule has 3 atom stereocenters. The predicted octanol–water partition coefficient (Wildman–Crippen LogP) is 1.52. The summed E-state index contributed by atoms with van der Waals surface area (Å²) in [4.78, 5) is 36.8. The van der Waals surface area contributed by atoms with E-state index in [2.05, 4.69) is 9.47 Å². The largest absolute Gasteiger partial charge is 0.468 e. The number of nitriles is 2. The molecular weight excluding hydrogens is 300 g/mol. The third kappa shape index (κ3) is 3.50. The highest BCUT2D eigenvalue weighted by atomic mass is 16.5. The van der Waals surface area contributed by atoms with Gasteiger partial charge in [0, 0.05) is 12.3 Å². The van der Waals surface area contributed by atoms with Crippen LogP contribution in [-0.4, -0.2) is 31.9 Å². The highest BCUT2D eigenvalue weighted by Gasteiger charge is 2.59. The minimum Gasteiger partial charge on any atom is -0.468 e. The minimum absolute atomic E-state index is 0.213. The fourth-order valence-corrected chi connectivity index (χ4v) is 3.09. The Bertz CT molecular complexity index is 560. The maximum absolute atomic E-state index is 12.5. The molecule has 1 saturated carbocycles. The van der Waals surface area contributed by atoms with Crippen LogP contribution in [0.4, 0.5) is 0 Å². The maximum Gasteiger partial charge on any atom is 0.328 e. The molecule has 0 N–H and O–H groups in total. The monoisotopic (exact) mass is 320 g/mol. The van der Waals surface area contributed by atoms with Gasteiger partial charge in [-0.15, -0.1) is 0 Å². The number of rotatable bonds is 4. The maximum atomic E-state index is 12.5. The van der Waals surface area contributed by atoms with E-state index in [1.54, 1.807) is 12.1 Å². The number of methoxy groups -OCH3 is 2. The van der Waals surface area contributed by atoms with Crippen molar-refractivity contribution in [2.45, 2.75) is 38.5 Å². The van der Waals surface area contributed by atoms with Crippen molar-refractivity contribution in [3.8, 4) is 12.1 Å². The van der Waals surface area contributed by atoms with Gasteiger partial charge in [-0.05, 0) is 12.8 Å². The molecule has 0 heterocycles. The van der Waals surface area contributed by atoms with Gasteiger partial charge in [-0.1, -0.05) is 19.3 Å². The zero-order valence-corrected chi connectivity index (χ0v) is 13.3. The number of ether oxygens (including phenoxy) is 2. The molecule has 0 amide bonds. The lowest BCUT2D eigenvalue weighted by Crippen LogP contribution is -2.50. The zero-order valence-electron chi connectivity index (χ0n) is 13.3. The van der Waals surface area contributed by atoms with Crippen molar-refractivity contribution in [1.29, 1.82) is 10.5 Å². The number of esters is 2. The standard InChI is InChI=1S/C16H20N2O5/c1-22-14(20)12(9-17)16(10-18,15(21)23-2)11-7-5-3-4-6-8-13(11)19/h11-12H,3-8H2,1-2H3/t11-,12-,16+/m1/s1. The fourth-order valence-electron chi connectivity index (χ4n) is 3.09. The molecule has 7 nitrogen and oxygen atoms in total. The van der Waals surface area contributed by atoms with E-state index < -0.39 is 29.2 Å². The minimum atomic E-state index is -2.18. The van der Waals surface area contributed by atoms with E-state index in [4.69, 9.17) is 0 Å². The van der Waals surface area contributed by atoms with Gasteiger partial charge in [0.1, 0.15) is 5.78 Å². The average molecular weight is 320 g/mol. The molecule has 0 aromatic rings. The number of hydrogen-bond acceptors (Lipinski definition) is 7. The van der Waals surface area contributed by atoms with Gasteiger partial charge in [-0.2, -0.15) is 10.5 Å². The quantitative estimate of drug-likeness (QED) is 0.721. The molecule has 1 aliphatic rings. The molecule has 0 aromatic heterocycles. The lowest BCUT2D eigenvalue weighted by Gasteiger charge is -2.34. The van der Waals surface area contributed by atoms with E-state index in [1.807, 2.05) is 0 Å². The van der Waals surface area contributed by atoms with Crippen LogP contribution in [0, 0.1) is 39.9 Å². The van der Waals surface area contributed by atoms with Crippen LogP contribution >= 0.6 is 0 Å². The van der Waals surface area contributed by atoms with Gasteiger partial charge >= 0.3 is 11.9 Å². The number of nitrogens with zero attached hydrogens (tertiary/aromatic N) is 2. The SMILES string of the molecule is COC(=O)[C@@H](C#N)[C@@](C#N)(C(=O)OC)[C@@H]1CCCCCCC1=O. The summed E-state index contributed by atoms with van der Waals surface area (Å²) in [5.74, 6) is -5.12. The second-order valence-corrected chi connectivity index (χ2v) is 5.53. The number of ketones is 1. The smallest absolute Gasteiger partial charge is 0.328 e. The Morgan fingerprint density at radius 2 is 1.83 bits per heavy atom. The normalized spacial score (nSPS) is 22.3. The summed E-state index contributed by atoms with van der Waals surface area (Å²) in [5.41, 5.74) is -2.18. The second-order valence-electron chi connectivity index (χ2n) is 5.53. The van der Waals surface area contributed by atoms with Gasteiger partial charge < -0.3 is 9.47 Å². The van der Waals surface area contributed by atoms with Crippen LogP contribution in [0.1, 0.15) is 38.5 Å². The summed E-state index contributed by atoms with van der Waals surface area (Å²) in [5, 5.41) is 19.1. The average Bonchev–Trinajstić information content (AvgIpc) is 2.55. The number of Topliss-reactive ketones (excluding diaryl/α,β-unsaturated/α-hetero) is 1. The third-order valence-corrected chi connectivity index (χ3v) is 4.33. The van der Waals surface area contributed by atoms with Crippen molar-refractivity contribution in [1.82, 2.24) is 0 Å². The Morgan fingerprint density at radius 1 is 1.17 bits per heavy atom. The van der Waals surface area contributed by atoms with Crippen LogP contribution in [0.3, 0.4) is 0 Å². The molecule has 7 heteroatoms. The lowest BCUT2D eigenvalue weighted by molar-refractivity contribution is -0.165. The number of hydrogen-bond donors (Lipinski definition) is 0. The molecule has 1 fully saturated rings. The topological polar surface area (TPSA) is 117 Å². The van der Waals surface area contributed by atoms with Crippen LogP contribution in [0.5, 0.6) is 0 Å². The molecule has 23 heavy (non-hydrogen) atoms. The van der Waals surface area contributed by atoms with Gasteiger partial charge in [0.15, 0.2) is 11.3 Å². The summed E-state index contributed by atoms with van der Waals surface area (Å²) in [7, 11) is 2.12. The Balaban J connectivity index is 3.46. The first kappa shape index (κ1) is 18.6. The van der Waals surface area contributed by atoms with E-state index in [-0.39, 0.29) is 18.6 Å². The zero-order chi connectivity index (χ0) is 17.5. The van der Waals surface area contributed by atoms with Crippen molar-refractivity contribution in [2.24, 2.45) is 17.3 Å². The Hall–Kier alpha value is -2.41. The molecule has 0 unspecified atom stereocenters. The summed E-state index contributed by atoms with van der Waals surface area (Å²) >= 11 is 0. The van der Waals surface area contributed by atoms with Crippen LogP contribution < -0.4 is 0 Å². The van der Waals surface area contributed by atoms with E-state index >= 15 is 0 Å². The Kier molecular flexibility index (Phi) is 6.71. The summed E-state index contributed by atoms with van der Waals surface area (Å²) in [6, 6.07) is 3.43. The van der Waals surface area contributed by atoms with Crippen molar-refractivity contribution in [3.63, 3.8) is 0 Å². The van der Waals surface area contributed by atoms with Crippen molar-refractivity contribution < 1.29 is 23.9 Å². The first-order chi connectivity index (χ1) is 11.0. The van der Waals surface area contributed by atoms with Gasteiger partial charge in [0.25, 0.3) is 0 Å². The second kappa shape index (κ2) is 8.28. The molecule has 0 aliphatic heterocycles. The van der Waals surface area contributed by atoms with Crippen molar-refractivity contribution in [3.05, 3.63) is 0 Å². The third-order valence-electron chi connectivity index (χ3n) is 4.33. The molecule has 0 aromatic carbocycles. The Labute approximate surface area is 135 Å². The highest BCUT2D eigenvalue weighted by Crippen LogP contribution is 2.42. The molecule has 0 bridgehead atoms. The van der Waals surface area contributed by atoms with Crippen molar-refractivity contribution >= 4 is 17.7 Å². The summed E-state index contributed by atoms with van der Waals surface area (Å²) in [6.07, 6.45) is 3.53. The summed E-state index contributed by atoms with van der Waals surface area (Å²) in [6.45, 7) is 0. The molecular formula is C16H20N2O5. The van der Waals surface area contributed by atoms with E-state index in [0.717, 1.165) is 27.1 Å². The fraction of sp³-hybridized carbons (Fsp3) is 0.688. The van der Waals surface area contributed by atoms with Crippen LogP contribution in [0.2, 0.25) is 0 Å². The Morgan fingerprint density at radius 3 is 2.35 bits per heavy atom. The van der Waals surface area contributed by atoms with Gasteiger partial charge in [-0.3, -0.25) is 14.4 Å². The summed E-state index contributed by atoms with van der Waals surface area (Å²) < 4.78 is 9.24. The molecule has 0 saturated heterocycles. The lowest BCUT2D eigenvalue weighted by atomic mass is 9.63. The van der Waals surface area contributed by atoms with Gasteiger partial charge in [0.2, 0.25) is 0 Å². The van der Waals surface area contributed by atoms with E-state index in [9.17, 15) is 24.9 Å².